The van der Waals surface area contributed by atoms with Crippen molar-refractivity contribution < 1.29 is 9.53 Å². The minimum absolute atomic E-state index is 0.214. The molecule has 1 N–H and O–H groups in total. The van der Waals surface area contributed by atoms with Crippen LogP contribution in [0.25, 0.3) is 0 Å². The molecular weight excluding hydrogens is 504 g/mol. The fraction of sp³-hybridized carbons (Fsp3) is 0.588. The van der Waals surface area contributed by atoms with Crippen LogP contribution in [0.5, 0.6) is 0 Å². The first-order chi connectivity index (χ1) is 11.2. The predicted molar refractivity (Wildman–Crippen MR) is 109 cm³/mol. The van der Waals surface area contributed by atoms with Gasteiger partial charge in [0.25, 0.3) is 0 Å². The van der Waals surface area contributed by atoms with E-state index in [1.54, 1.807) is 0 Å². The lowest BCUT2D eigenvalue weighted by atomic mass is 10.1. The van der Waals surface area contributed by atoms with E-state index in [-0.39, 0.29) is 6.09 Å². The van der Waals surface area contributed by atoms with E-state index < -0.39 is 5.60 Å². The fourth-order valence-electron chi connectivity index (χ4n) is 2.63. The highest BCUT2D eigenvalue weighted by Gasteiger charge is 2.25. The Kier molecular flexibility index (Phi) is 7.02. The molecular formula is C17H23Br3N2O2. The van der Waals surface area contributed by atoms with Crippen LogP contribution in [0.15, 0.2) is 25.6 Å². The fourth-order valence-corrected chi connectivity index (χ4v) is 5.12. The van der Waals surface area contributed by atoms with Crippen molar-refractivity contribution >= 4 is 59.6 Å². The Balaban J connectivity index is 1.98. The van der Waals surface area contributed by atoms with Crippen molar-refractivity contribution in [3.8, 4) is 0 Å². The summed E-state index contributed by atoms with van der Waals surface area (Å²) >= 11 is 10.7. The Morgan fingerprint density at radius 1 is 1.17 bits per heavy atom. The van der Waals surface area contributed by atoms with Gasteiger partial charge < -0.3 is 15.0 Å². The number of amides is 1. The molecule has 1 aromatic carbocycles. The molecule has 1 aromatic rings. The number of nitrogens with one attached hydrogen (secondary N) is 1. The number of benzene rings is 1. The second-order valence-corrected chi connectivity index (χ2v) is 9.61. The van der Waals surface area contributed by atoms with Gasteiger partial charge in [-0.15, -0.1) is 0 Å². The number of nitrogens with zero attached hydrogens (tertiary/aromatic N) is 1. The summed E-state index contributed by atoms with van der Waals surface area (Å²) in [4.78, 5) is 14.1. The number of rotatable bonds is 2. The van der Waals surface area contributed by atoms with Gasteiger partial charge in [-0.25, -0.2) is 4.79 Å². The number of carbonyl (C=O) groups is 1. The van der Waals surface area contributed by atoms with Crippen molar-refractivity contribution in [1.29, 1.82) is 0 Å². The van der Waals surface area contributed by atoms with Gasteiger partial charge in [0.1, 0.15) is 5.60 Å². The van der Waals surface area contributed by atoms with Crippen LogP contribution in [0, 0.1) is 0 Å². The third-order valence-electron chi connectivity index (χ3n) is 3.74. The summed E-state index contributed by atoms with van der Waals surface area (Å²) in [7, 11) is 0. The molecule has 1 heterocycles. The predicted octanol–water partition coefficient (Wildman–Crippen LogP) is 6.18. The zero-order valence-electron chi connectivity index (χ0n) is 14.2. The molecule has 0 aliphatic carbocycles. The highest BCUT2D eigenvalue weighted by molar-refractivity contribution is 9.11. The zero-order valence-corrected chi connectivity index (χ0v) is 18.9. The minimum atomic E-state index is -0.450. The van der Waals surface area contributed by atoms with Crippen molar-refractivity contribution in [1.82, 2.24) is 4.90 Å². The van der Waals surface area contributed by atoms with E-state index in [0.717, 1.165) is 44.9 Å². The Morgan fingerprint density at radius 3 is 2.38 bits per heavy atom. The van der Waals surface area contributed by atoms with Gasteiger partial charge in [-0.3, -0.25) is 0 Å². The van der Waals surface area contributed by atoms with E-state index in [1.807, 2.05) is 37.8 Å². The highest BCUT2D eigenvalue weighted by Crippen LogP contribution is 2.35. The molecule has 0 saturated carbocycles. The third-order valence-corrected chi connectivity index (χ3v) is 5.44. The van der Waals surface area contributed by atoms with Gasteiger partial charge in [0.05, 0.1) is 5.69 Å². The number of ether oxygens (including phenoxy) is 1. The Hall–Kier alpha value is -0.270. The van der Waals surface area contributed by atoms with Gasteiger partial charge in [0, 0.05) is 32.5 Å². The van der Waals surface area contributed by atoms with Crippen LogP contribution < -0.4 is 5.32 Å². The summed E-state index contributed by atoms with van der Waals surface area (Å²) < 4.78 is 8.52. The molecule has 0 bridgehead atoms. The first kappa shape index (κ1) is 20.0. The van der Waals surface area contributed by atoms with Crippen LogP contribution in [0.3, 0.4) is 0 Å². The molecule has 2 rings (SSSR count). The molecule has 0 spiro atoms. The Labute approximate surface area is 169 Å². The molecule has 1 amide bonds. The Morgan fingerprint density at radius 2 is 1.79 bits per heavy atom. The second-order valence-electron chi connectivity index (χ2n) is 6.98. The van der Waals surface area contributed by atoms with E-state index in [2.05, 4.69) is 53.1 Å². The van der Waals surface area contributed by atoms with Crippen molar-refractivity contribution in [3.63, 3.8) is 0 Å². The summed E-state index contributed by atoms with van der Waals surface area (Å²) in [5.74, 6) is 0. The molecule has 0 aromatic heterocycles. The monoisotopic (exact) mass is 524 g/mol. The average molecular weight is 527 g/mol. The van der Waals surface area contributed by atoms with Gasteiger partial charge >= 0.3 is 6.09 Å². The molecule has 1 saturated heterocycles. The molecule has 4 nitrogen and oxygen atoms in total. The molecule has 1 unspecified atom stereocenters. The summed E-state index contributed by atoms with van der Waals surface area (Å²) in [5.41, 5.74) is 0.600. The Bertz CT molecular complexity index is 579. The second kappa shape index (κ2) is 8.41. The van der Waals surface area contributed by atoms with Gasteiger partial charge in [0.15, 0.2) is 0 Å². The van der Waals surface area contributed by atoms with Crippen LogP contribution in [0.4, 0.5) is 10.5 Å². The largest absolute Gasteiger partial charge is 0.444 e. The van der Waals surface area contributed by atoms with Crippen molar-refractivity contribution in [2.24, 2.45) is 0 Å². The van der Waals surface area contributed by atoms with Crippen molar-refractivity contribution in [3.05, 3.63) is 25.6 Å². The number of likely N-dealkylation sites (tertiary alicyclic amines) is 1. The number of carbonyl (C=O) groups excluding carboxylic acids is 1. The maximum absolute atomic E-state index is 12.2. The van der Waals surface area contributed by atoms with Gasteiger partial charge in [-0.2, -0.15) is 0 Å². The molecule has 1 aliphatic rings. The van der Waals surface area contributed by atoms with Crippen LogP contribution in [0.1, 0.15) is 40.0 Å². The molecule has 7 heteroatoms. The first-order valence-electron chi connectivity index (χ1n) is 8.05. The normalized spacial score (nSPS) is 18.9. The van der Waals surface area contributed by atoms with Crippen LogP contribution in [-0.2, 0) is 4.74 Å². The van der Waals surface area contributed by atoms with Crippen LogP contribution >= 0.6 is 47.8 Å². The number of halogens is 3. The summed E-state index contributed by atoms with van der Waals surface area (Å²) in [6.07, 6.45) is 2.67. The molecule has 1 aliphatic heterocycles. The summed E-state index contributed by atoms with van der Waals surface area (Å²) in [6.45, 7) is 7.15. The average Bonchev–Trinajstić information content (AvgIpc) is 2.66. The molecule has 24 heavy (non-hydrogen) atoms. The van der Waals surface area contributed by atoms with Crippen LogP contribution in [0.2, 0.25) is 0 Å². The third kappa shape index (κ3) is 5.92. The molecule has 1 fully saturated rings. The highest BCUT2D eigenvalue weighted by atomic mass is 79.9. The number of anilines is 1. The first-order valence-corrected chi connectivity index (χ1v) is 10.4. The quantitative estimate of drug-likeness (QED) is 0.500. The maximum Gasteiger partial charge on any atom is 0.410 e. The molecule has 134 valence electrons. The molecule has 1 atom stereocenters. The smallest absolute Gasteiger partial charge is 0.410 e. The van der Waals surface area contributed by atoms with E-state index in [1.165, 1.54) is 0 Å². The summed E-state index contributed by atoms with van der Waals surface area (Å²) in [6, 6.07) is 4.37. The van der Waals surface area contributed by atoms with E-state index in [0.29, 0.717) is 12.6 Å². The van der Waals surface area contributed by atoms with E-state index >= 15 is 0 Å². The molecule has 0 radical (unpaired) electrons. The van der Waals surface area contributed by atoms with Gasteiger partial charge in [-0.1, -0.05) is 15.9 Å². The van der Waals surface area contributed by atoms with Crippen LogP contribution in [-0.4, -0.2) is 35.7 Å². The maximum atomic E-state index is 12.2. The van der Waals surface area contributed by atoms with E-state index in [4.69, 9.17) is 4.74 Å². The number of hydrogen-bond donors (Lipinski definition) is 1. The standard InChI is InChI=1S/C17H23Br3N2O2/c1-17(2,3)24-16(23)22-7-4-5-12(6-8-22)21-15-13(19)9-11(18)10-14(15)20/h9-10,12,21H,4-8H2,1-3H3. The lowest BCUT2D eigenvalue weighted by Crippen LogP contribution is -2.37. The van der Waals surface area contributed by atoms with E-state index in [9.17, 15) is 4.79 Å². The minimum Gasteiger partial charge on any atom is -0.444 e. The topological polar surface area (TPSA) is 41.6 Å². The lowest BCUT2D eigenvalue weighted by Gasteiger charge is -2.26. The van der Waals surface area contributed by atoms with Gasteiger partial charge in [0.2, 0.25) is 0 Å². The lowest BCUT2D eigenvalue weighted by molar-refractivity contribution is 0.0256. The SMILES string of the molecule is CC(C)(C)OC(=O)N1CCCC(Nc2c(Br)cc(Br)cc2Br)CC1. The summed E-state index contributed by atoms with van der Waals surface area (Å²) in [5, 5.41) is 3.60. The zero-order chi connectivity index (χ0) is 17.9. The number of hydrogen-bond acceptors (Lipinski definition) is 3. The van der Waals surface area contributed by atoms with Gasteiger partial charge in [-0.05, 0) is 84.0 Å². The van der Waals surface area contributed by atoms with Crippen molar-refractivity contribution in [2.75, 3.05) is 18.4 Å². The van der Waals surface area contributed by atoms with Crippen molar-refractivity contribution in [2.45, 2.75) is 51.7 Å².